The number of para-hydroxylation sites is 1. The minimum absolute atomic E-state index is 0.240. The molecule has 0 aliphatic carbocycles. The second-order valence-electron chi connectivity index (χ2n) is 3.99. The smallest absolute Gasteiger partial charge is 0.346 e. The normalized spacial score (nSPS) is 10.5. The van der Waals surface area contributed by atoms with E-state index < -0.39 is 0 Å². The maximum absolute atomic E-state index is 11.9. The van der Waals surface area contributed by atoms with E-state index in [1.807, 2.05) is 18.2 Å². The lowest BCUT2D eigenvalue weighted by Gasteiger charge is -2.09. The van der Waals surface area contributed by atoms with Gasteiger partial charge in [-0.3, -0.25) is 0 Å². The van der Waals surface area contributed by atoms with E-state index in [-0.39, 0.29) is 16.5 Å². The number of aromatic nitrogens is 2. The summed E-state index contributed by atoms with van der Waals surface area (Å²) in [6.45, 7) is 0. The van der Waals surface area contributed by atoms with Gasteiger partial charge in [0.1, 0.15) is 17.0 Å². The van der Waals surface area contributed by atoms with E-state index in [1.165, 1.54) is 0 Å². The Hall–Kier alpha value is -2.82. The molecule has 5 nitrogen and oxygen atoms in total. The minimum atomic E-state index is -0.353. The summed E-state index contributed by atoms with van der Waals surface area (Å²) in [6, 6.07) is 14.0. The second kappa shape index (κ2) is 4.45. The fourth-order valence-electron chi connectivity index (χ4n) is 1.89. The summed E-state index contributed by atoms with van der Waals surface area (Å²) in [5, 5.41) is 11.9. The Morgan fingerprint density at radius 2 is 1.84 bits per heavy atom. The third-order valence-corrected chi connectivity index (χ3v) is 2.75. The number of fused-ring (bicyclic) bond motifs is 1. The molecule has 0 fully saturated rings. The molecule has 0 aliphatic heterocycles. The van der Waals surface area contributed by atoms with Gasteiger partial charge in [0.15, 0.2) is 5.39 Å². The molecule has 0 atom stereocenters. The van der Waals surface area contributed by atoms with Gasteiger partial charge in [0, 0.05) is 0 Å². The molecular weight excluding hydrogens is 244 g/mol. The molecule has 3 aromatic rings. The van der Waals surface area contributed by atoms with Gasteiger partial charge >= 0.3 is 5.56 Å². The van der Waals surface area contributed by atoms with Crippen LogP contribution in [-0.2, 0) is 0 Å². The molecule has 1 N–H and O–H groups in total. The van der Waals surface area contributed by atoms with Gasteiger partial charge in [0.05, 0.1) is 0 Å². The number of ether oxygens (including phenoxy) is 1. The number of nitrogens with zero attached hydrogens (tertiary/aromatic N) is 1. The van der Waals surface area contributed by atoms with Crippen LogP contribution in [0.5, 0.6) is 11.5 Å². The average molecular weight is 254 g/mol. The third kappa shape index (κ3) is 2.01. The van der Waals surface area contributed by atoms with Crippen LogP contribution >= 0.6 is 0 Å². The molecule has 0 bridgehead atoms. The fourth-order valence-corrected chi connectivity index (χ4v) is 1.89. The molecule has 0 amide bonds. The zero-order chi connectivity index (χ0) is 13.2. The van der Waals surface area contributed by atoms with Crippen LogP contribution in [0, 0.1) is 5.21 Å². The summed E-state index contributed by atoms with van der Waals surface area (Å²) >= 11 is 0. The van der Waals surface area contributed by atoms with Crippen LogP contribution in [0.4, 0.5) is 0 Å². The van der Waals surface area contributed by atoms with Gasteiger partial charge in [-0.05, 0) is 24.3 Å². The Kier molecular flexibility index (Phi) is 2.64. The zero-order valence-electron chi connectivity index (χ0n) is 9.87. The third-order valence-electron chi connectivity index (χ3n) is 2.75. The van der Waals surface area contributed by atoms with Crippen LogP contribution in [0.25, 0.3) is 10.9 Å². The predicted octanol–water partition coefficient (Wildman–Crippen LogP) is 1.95. The van der Waals surface area contributed by atoms with Gasteiger partial charge in [0.25, 0.3) is 0 Å². The summed E-state index contributed by atoms with van der Waals surface area (Å²) in [7, 11) is 0. The van der Waals surface area contributed by atoms with E-state index >= 15 is 0 Å². The highest BCUT2D eigenvalue weighted by Crippen LogP contribution is 2.25. The van der Waals surface area contributed by atoms with Crippen molar-refractivity contribution in [1.82, 2.24) is 4.98 Å². The van der Waals surface area contributed by atoms with E-state index in [0.717, 1.165) is 6.33 Å². The summed E-state index contributed by atoms with van der Waals surface area (Å²) in [5.74, 6) is 0.964. The molecule has 0 spiro atoms. The molecule has 5 heteroatoms. The van der Waals surface area contributed by atoms with Crippen molar-refractivity contribution in [3.8, 4) is 11.5 Å². The minimum Gasteiger partial charge on any atom is -0.711 e. The summed E-state index contributed by atoms with van der Waals surface area (Å²) in [6.07, 6.45) is 1.08. The number of rotatable bonds is 2. The lowest BCUT2D eigenvalue weighted by Crippen LogP contribution is -2.31. The van der Waals surface area contributed by atoms with E-state index in [1.54, 1.807) is 30.3 Å². The second-order valence-corrected chi connectivity index (χ2v) is 3.99. The van der Waals surface area contributed by atoms with Crippen LogP contribution in [0.1, 0.15) is 0 Å². The molecule has 1 aromatic heterocycles. The Labute approximate surface area is 108 Å². The van der Waals surface area contributed by atoms with Gasteiger partial charge in [-0.2, -0.15) is 0 Å². The molecule has 1 heterocycles. The quantitative estimate of drug-likeness (QED) is 0.561. The molecule has 19 heavy (non-hydrogen) atoms. The van der Waals surface area contributed by atoms with E-state index in [2.05, 4.69) is 4.98 Å². The predicted molar refractivity (Wildman–Crippen MR) is 70.0 cm³/mol. The maximum atomic E-state index is 11.9. The Bertz CT molecular complexity index is 782. The van der Waals surface area contributed by atoms with E-state index in [9.17, 15) is 10.0 Å². The van der Waals surface area contributed by atoms with Crippen molar-refractivity contribution < 1.29 is 9.47 Å². The standard InChI is InChI=1S/C14H10N2O3/c17-14-13-11(16(18)9-15-14)7-4-8-12(13)19-10-5-2-1-3-6-10/h1-9H,(H,15,17). The molecule has 0 radical (unpaired) electrons. The summed E-state index contributed by atoms with van der Waals surface area (Å²) < 4.78 is 6.26. The largest absolute Gasteiger partial charge is 0.711 e. The molecule has 2 aromatic carbocycles. The van der Waals surface area contributed by atoms with Gasteiger partial charge in [-0.15, -0.1) is 0 Å². The number of aromatic amines is 1. The van der Waals surface area contributed by atoms with Crippen molar-refractivity contribution in [3.05, 3.63) is 70.4 Å². The first-order valence-corrected chi connectivity index (χ1v) is 5.72. The molecule has 0 saturated heterocycles. The van der Waals surface area contributed by atoms with Crippen molar-refractivity contribution in [1.29, 1.82) is 0 Å². The number of hydrogen-bond donors (Lipinski definition) is 1. The highest BCUT2D eigenvalue weighted by atomic mass is 16.5. The molecule has 0 saturated carbocycles. The average Bonchev–Trinajstić information content (AvgIpc) is 2.44. The van der Waals surface area contributed by atoms with Crippen molar-refractivity contribution in [2.75, 3.05) is 0 Å². The van der Waals surface area contributed by atoms with E-state index in [0.29, 0.717) is 16.2 Å². The topological polar surface area (TPSA) is 69.0 Å². The van der Waals surface area contributed by atoms with Crippen LogP contribution in [0.2, 0.25) is 0 Å². The lowest BCUT2D eigenvalue weighted by molar-refractivity contribution is -0.580. The number of benzene rings is 2. The Morgan fingerprint density at radius 3 is 2.63 bits per heavy atom. The first-order chi connectivity index (χ1) is 9.25. The Balaban J connectivity index is 2.20. The molecular formula is C14H10N2O3. The van der Waals surface area contributed by atoms with Gasteiger partial charge in [-0.1, -0.05) is 24.3 Å². The van der Waals surface area contributed by atoms with Crippen molar-refractivity contribution in [3.63, 3.8) is 0 Å². The molecule has 0 unspecified atom stereocenters. The van der Waals surface area contributed by atoms with Crippen LogP contribution < -0.4 is 15.0 Å². The SMILES string of the molecule is O=c1[nH]c[n+]([O-])c2cccc(Oc3ccccc3)c12. The van der Waals surface area contributed by atoms with Gasteiger partial charge in [0.2, 0.25) is 6.33 Å². The van der Waals surface area contributed by atoms with E-state index in [4.69, 9.17) is 4.74 Å². The first-order valence-electron chi connectivity index (χ1n) is 5.72. The van der Waals surface area contributed by atoms with Gasteiger partial charge in [-0.25, -0.2) is 14.5 Å². The first kappa shape index (κ1) is 11.3. The van der Waals surface area contributed by atoms with Gasteiger partial charge < -0.3 is 9.94 Å². The summed E-state index contributed by atoms with van der Waals surface area (Å²) in [4.78, 5) is 14.2. The Morgan fingerprint density at radius 1 is 1.05 bits per heavy atom. The highest BCUT2D eigenvalue weighted by molar-refractivity contribution is 5.82. The number of hydrogen-bond acceptors (Lipinski definition) is 3. The van der Waals surface area contributed by atoms with Crippen LogP contribution in [0.15, 0.2) is 59.7 Å². The van der Waals surface area contributed by atoms with Crippen LogP contribution in [-0.4, -0.2) is 4.98 Å². The zero-order valence-corrected chi connectivity index (χ0v) is 9.87. The van der Waals surface area contributed by atoms with Crippen molar-refractivity contribution in [2.45, 2.75) is 0 Å². The maximum Gasteiger partial charge on any atom is 0.346 e. The fraction of sp³-hybridized carbons (Fsp3) is 0. The summed E-state index contributed by atoms with van der Waals surface area (Å²) in [5.41, 5.74) is -0.0780. The molecule has 0 aliphatic rings. The molecule has 94 valence electrons. The van der Waals surface area contributed by atoms with Crippen LogP contribution in [0.3, 0.4) is 0 Å². The monoisotopic (exact) mass is 254 g/mol. The van der Waals surface area contributed by atoms with Crippen molar-refractivity contribution >= 4 is 10.9 Å². The highest BCUT2D eigenvalue weighted by Gasteiger charge is 2.12. The van der Waals surface area contributed by atoms with Crippen molar-refractivity contribution in [2.24, 2.45) is 0 Å². The number of nitrogens with one attached hydrogen (secondary N) is 1. The number of H-pyrrole nitrogens is 1. The lowest BCUT2D eigenvalue weighted by atomic mass is 10.2. The molecule has 3 rings (SSSR count).